The second-order valence-corrected chi connectivity index (χ2v) is 7.14. The molecule has 2 aromatic carbocycles. The molecule has 124 valence electrons. The summed E-state index contributed by atoms with van der Waals surface area (Å²) < 4.78 is 0. The average Bonchev–Trinajstić information content (AvgIpc) is 3.36. The minimum atomic E-state index is -0.229. The highest BCUT2D eigenvalue weighted by atomic mass is 16.2. The van der Waals surface area contributed by atoms with Gasteiger partial charge in [-0.25, -0.2) is 0 Å². The zero-order valence-electron chi connectivity index (χ0n) is 13.9. The third-order valence-corrected chi connectivity index (χ3v) is 5.70. The molecule has 2 aliphatic rings. The van der Waals surface area contributed by atoms with Crippen LogP contribution in [0.1, 0.15) is 17.5 Å². The molecule has 4 heteroatoms. The maximum absolute atomic E-state index is 13.2. The molecule has 1 amide bonds. The molecule has 5 rings (SSSR count). The standard InChI is InChI=1S/C21H19N3O/c25-20-21(11-16-3-1-2-4-17(16)12-21)9-10-24(20)19-7-5-15(6-8-19)18-13-22-23-14-18/h1-8,13-14H,9-12H2,(H,22,23). The molecule has 25 heavy (non-hydrogen) atoms. The van der Waals surface area contributed by atoms with Gasteiger partial charge in [0, 0.05) is 24.0 Å². The summed E-state index contributed by atoms with van der Waals surface area (Å²) in [7, 11) is 0. The number of rotatable bonds is 2. The largest absolute Gasteiger partial charge is 0.312 e. The number of fused-ring (bicyclic) bond motifs is 1. The lowest BCUT2D eigenvalue weighted by atomic mass is 9.83. The monoisotopic (exact) mass is 329 g/mol. The number of carbonyl (C=O) groups is 1. The third kappa shape index (κ3) is 2.21. The van der Waals surface area contributed by atoms with E-state index < -0.39 is 0 Å². The molecule has 0 unspecified atom stereocenters. The average molecular weight is 329 g/mol. The van der Waals surface area contributed by atoms with Crippen molar-refractivity contribution in [2.24, 2.45) is 5.41 Å². The molecular formula is C21H19N3O. The maximum Gasteiger partial charge on any atom is 0.233 e. The predicted molar refractivity (Wildman–Crippen MR) is 97.3 cm³/mol. The van der Waals surface area contributed by atoms with E-state index in [0.29, 0.717) is 0 Å². The Morgan fingerprint density at radius 1 is 0.960 bits per heavy atom. The van der Waals surface area contributed by atoms with Crippen LogP contribution in [0.3, 0.4) is 0 Å². The third-order valence-electron chi connectivity index (χ3n) is 5.70. The van der Waals surface area contributed by atoms with Crippen molar-refractivity contribution >= 4 is 11.6 Å². The highest BCUT2D eigenvalue weighted by Crippen LogP contribution is 2.45. The van der Waals surface area contributed by atoms with Crippen LogP contribution >= 0.6 is 0 Å². The van der Waals surface area contributed by atoms with Crippen molar-refractivity contribution in [1.82, 2.24) is 10.2 Å². The Labute approximate surface area is 146 Å². The quantitative estimate of drug-likeness (QED) is 0.781. The first-order valence-electron chi connectivity index (χ1n) is 8.73. The molecule has 1 aliphatic heterocycles. The Morgan fingerprint density at radius 2 is 1.68 bits per heavy atom. The number of aromatic nitrogens is 2. The maximum atomic E-state index is 13.2. The summed E-state index contributed by atoms with van der Waals surface area (Å²) in [6.45, 7) is 0.803. The lowest BCUT2D eigenvalue weighted by Gasteiger charge is -2.23. The summed E-state index contributed by atoms with van der Waals surface area (Å²) in [6, 6.07) is 16.7. The lowest BCUT2D eigenvalue weighted by molar-refractivity contribution is -0.125. The van der Waals surface area contributed by atoms with E-state index in [4.69, 9.17) is 0 Å². The van der Waals surface area contributed by atoms with E-state index in [9.17, 15) is 4.79 Å². The molecule has 1 N–H and O–H groups in total. The summed E-state index contributed by atoms with van der Waals surface area (Å²) in [5.41, 5.74) is 5.60. The SMILES string of the molecule is O=C1N(c2ccc(-c3cn[nH]c3)cc2)CCC12Cc1ccccc1C2. The number of nitrogens with one attached hydrogen (secondary N) is 1. The molecule has 1 spiro atoms. The topological polar surface area (TPSA) is 49.0 Å². The van der Waals surface area contributed by atoms with E-state index in [1.165, 1.54) is 11.1 Å². The lowest BCUT2D eigenvalue weighted by Crippen LogP contribution is -2.35. The molecule has 1 saturated heterocycles. The van der Waals surface area contributed by atoms with Gasteiger partial charge in [0.15, 0.2) is 0 Å². The van der Waals surface area contributed by atoms with E-state index >= 15 is 0 Å². The molecule has 1 aliphatic carbocycles. The van der Waals surface area contributed by atoms with Crippen LogP contribution in [0.15, 0.2) is 60.9 Å². The fourth-order valence-electron chi connectivity index (χ4n) is 4.33. The summed E-state index contributed by atoms with van der Waals surface area (Å²) in [5.74, 6) is 0.278. The zero-order chi connectivity index (χ0) is 16.9. The van der Waals surface area contributed by atoms with Gasteiger partial charge in [-0.3, -0.25) is 9.89 Å². The Morgan fingerprint density at radius 3 is 2.32 bits per heavy atom. The van der Waals surface area contributed by atoms with Crippen LogP contribution in [0.5, 0.6) is 0 Å². The number of aromatic amines is 1. The molecule has 2 heterocycles. The van der Waals surface area contributed by atoms with Gasteiger partial charge in [0.2, 0.25) is 5.91 Å². The van der Waals surface area contributed by atoms with Crippen LogP contribution in [0.4, 0.5) is 5.69 Å². The highest BCUT2D eigenvalue weighted by Gasteiger charge is 2.50. The van der Waals surface area contributed by atoms with Crippen LogP contribution in [0.25, 0.3) is 11.1 Å². The second-order valence-electron chi connectivity index (χ2n) is 7.14. The molecule has 1 aromatic heterocycles. The highest BCUT2D eigenvalue weighted by molar-refractivity contribution is 6.01. The Kier molecular flexibility index (Phi) is 3.07. The molecule has 0 radical (unpaired) electrons. The Hall–Kier alpha value is -2.88. The minimum absolute atomic E-state index is 0.229. The van der Waals surface area contributed by atoms with Gasteiger partial charge in [-0.1, -0.05) is 36.4 Å². The van der Waals surface area contributed by atoms with Crippen molar-refractivity contribution in [3.63, 3.8) is 0 Å². The van der Waals surface area contributed by atoms with Crippen LogP contribution in [0, 0.1) is 5.41 Å². The van der Waals surface area contributed by atoms with Crippen molar-refractivity contribution in [2.45, 2.75) is 19.3 Å². The van der Waals surface area contributed by atoms with Crippen molar-refractivity contribution in [2.75, 3.05) is 11.4 Å². The first kappa shape index (κ1) is 14.5. The van der Waals surface area contributed by atoms with E-state index in [1.807, 2.05) is 23.2 Å². The zero-order valence-corrected chi connectivity index (χ0v) is 13.9. The van der Waals surface area contributed by atoms with Gasteiger partial charge in [-0.05, 0) is 48.1 Å². The number of H-pyrrole nitrogens is 1. The fourth-order valence-corrected chi connectivity index (χ4v) is 4.33. The van der Waals surface area contributed by atoms with E-state index in [1.54, 1.807) is 6.20 Å². The number of benzene rings is 2. The van der Waals surface area contributed by atoms with Crippen LogP contribution in [-0.4, -0.2) is 22.6 Å². The molecule has 3 aromatic rings. The molecule has 4 nitrogen and oxygen atoms in total. The van der Waals surface area contributed by atoms with Crippen molar-refractivity contribution < 1.29 is 4.79 Å². The van der Waals surface area contributed by atoms with E-state index in [0.717, 1.165) is 42.6 Å². The number of hydrogen-bond acceptors (Lipinski definition) is 2. The second kappa shape index (κ2) is 5.31. The normalized spacial score (nSPS) is 18.1. The number of carbonyl (C=O) groups excluding carboxylic acids is 1. The molecule has 0 bridgehead atoms. The number of anilines is 1. The van der Waals surface area contributed by atoms with Gasteiger partial charge < -0.3 is 4.90 Å². The van der Waals surface area contributed by atoms with Gasteiger partial charge in [0.25, 0.3) is 0 Å². The molecular weight excluding hydrogens is 310 g/mol. The number of amides is 1. The van der Waals surface area contributed by atoms with Gasteiger partial charge in [-0.15, -0.1) is 0 Å². The van der Waals surface area contributed by atoms with Crippen LogP contribution < -0.4 is 4.90 Å². The number of hydrogen-bond donors (Lipinski definition) is 1. The Bertz CT molecular complexity index is 903. The summed E-state index contributed by atoms with van der Waals surface area (Å²) in [4.78, 5) is 15.2. The minimum Gasteiger partial charge on any atom is -0.312 e. The first-order valence-corrected chi connectivity index (χ1v) is 8.73. The molecule has 0 saturated carbocycles. The predicted octanol–water partition coefficient (Wildman–Crippen LogP) is 3.60. The van der Waals surface area contributed by atoms with Gasteiger partial charge in [0.1, 0.15) is 0 Å². The summed E-state index contributed by atoms with van der Waals surface area (Å²) in [6.07, 6.45) is 6.38. The smallest absolute Gasteiger partial charge is 0.233 e. The summed E-state index contributed by atoms with van der Waals surface area (Å²) in [5, 5.41) is 6.82. The summed E-state index contributed by atoms with van der Waals surface area (Å²) >= 11 is 0. The molecule has 0 atom stereocenters. The van der Waals surface area contributed by atoms with Crippen LogP contribution in [-0.2, 0) is 17.6 Å². The Balaban J connectivity index is 1.41. The fraction of sp³-hybridized carbons (Fsp3) is 0.238. The van der Waals surface area contributed by atoms with Gasteiger partial charge in [0.05, 0.1) is 11.6 Å². The van der Waals surface area contributed by atoms with Gasteiger partial charge >= 0.3 is 0 Å². The molecule has 1 fully saturated rings. The van der Waals surface area contributed by atoms with Gasteiger partial charge in [-0.2, -0.15) is 5.10 Å². The van der Waals surface area contributed by atoms with Crippen molar-refractivity contribution in [3.05, 3.63) is 72.1 Å². The van der Waals surface area contributed by atoms with Crippen molar-refractivity contribution in [3.8, 4) is 11.1 Å². The number of nitrogens with zero attached hydrogens (tertiary/aromatic N) is 2. The van der Waals surface area contributed by atoms with E-state index in [2.05, 4.69) is 46.6 Å². The van der Waals surface area contributed by atoms with E-state index in [-0.39, 0.29) is 11.3 Å². The van der Waals surface area contributed by atoms with Crippen LogP contribution in [0.2, 0.25) is 0 Å². The van der Waals surface area contributed by atoms with Crippen molar-refractivity contribution in [1.29, 1.82) is 0 Å². The first-order chi connectivity index (χ1) is 12.3.